The molecule has 1 aliphatic rings. The molecule has 1 saturated carbocycles. The maximum absolute atomic E-state index is 12.4. The summed E-state index contributed by atoms with van der Waals surface area (Å²) < 4.78 is 40.5. The van der Waals surface area contributed by atoms with E-state index in [1.807, 2.05) is 0 Å². The largest absolute Gasteiger partial charge is 0.469 e. The SMILES string of the molecule is O=C(NCC(CS(=O)(=O)CC1CCCC1)OP(=O)(O)O)Nc1ccccc1. The van der Waals surface area contributed by atoms with Crippen LogP contribution in [0.2, 0.25) is 0 Å². The van der Waals surface area contributed by atoms with Crippen LogP contribution in [0.25, 0.3) is 0 Å². The number of rotatable bonds is 9. The van der Waals surface area contributed by atoms with Gasteiger partial charge in [-0.1, -0.05) is 31.0 Å². The number of phosphoric acid groups is 1. The number of phosphoric ester groups is 1. The number of sulfone groups is 1. The zero-order valence-electron chi connectivity index (χ0n) is 14.8. The zero-order chi connectivity index (χ0) is 19.9. The lowest BCUT2D eigenvalue weighted by Crippen LogP contribution is -2.40. The van der Waals surface area contributed by atoms with Crippen molar-refractivity contribution in [1.29, 1.82) is 0 Å². The molecule has 27 heavy (non-hydrogen) atoms. The van der Waals surface area contributed by atoms with Crippen LogP contribution in [-0.2, 0) is 18.9 Å². The van der Waals surface area contributed by atoms with Crippen LogP contribution in [0.4, 0.5) is 10.5 Å². The highest BCUT2D eigenvalue weighted by Gasteiger charge is 2.30. The number of nitrogens with one attached hydrogen (secondary N) is 2. The highest BCUT2D eigenvalue weighted by atomic mass is 32.2. The molecular formula is C16H25N2O7PS. The monoisotopic (exact) mass is 420 g/mol. The van der Waals surface area contributed by atoms with Crippen LogP contribution in [-0.4, -0.2) is 48.4 Å². The first kappa shape index (κ1) is 21.8. The highest BCUT2D eigenvalue weighted by molar-refractivity contribution is 7.91. The maximum Gasteiger partial charge on any atom is 0.469 e. The fraction of sp³-hybridized carbons (Fsp3) is 0.562. The molecule has 2 rings (SSSR count). The van der Waals surface area contributed by atoms with Crippen LogP contribution in [0.3, 0.4) is 0 Å². The third-order valence-electron chi connectivity index (χ3n) is 4.21. The first-order valence-corrected chi connectivity index (χ1v) is 12.0. The summed E-state index contributed by atoms with van der Waals surface area (Å²) in [6.45, 7) is -0.353. The van der Waals surface area contributed by atoms with Gasteiger partial charge in [0.05, 0.1) is 11.5 Å². The van der Waals surface area contributed by atoms with Crippen LogP contribution < -0.4 is 10.6 Å². The Morgan fingerprint density at radius 2 is 1.85 bits per heavy atom. The van der Waals surface area contributed by atoms with E-state index in [0.29, 0.717) is 5.69 Å². The molecule has 4 N–H and O–H groups in total. The third-order valence-corrected chi connectivity index (χ3v) is 6.64. The number of hydrogen-bond acceptors (Lipinski definition) is 5. The molecule has 0 bridgehead atoms. The Bertz CT molecular complexity index is 760. The molecule has 1 fully saturated rings. The Kier molecular flexibility index (Phi) is 7.81. The number of carbonyl (C=O) groups excluding carboxylic acids is 1. The normalized spacial score (nSPS) is 16.8. The topological polar surface area (TPSA) is 142 Å². The van der Waals surface area contributed by atoms with Crippen molar-refractivity contribution in [3.63, 3.8) is 0 Å². The minimum absolute atomic E-state index is 0.0375. The Morgan fingerprint density at radius 3 is 2.44 bits per heavy atom. The van der Waals surface area contributed by atoms with Gasteiger partial charge in [0.1, 0.15) is 6.10 Å². The van der Waals surface area contributed by atoms with Gasteiger partial charge in [0.2, 0.25) is 0 Å². The Morgan fingerprint density at radius 1 is 1.22 bits per heavy atom. The van der Waals surface area contributed by atoms with E-state index in [2.05, 4.69) is 15.2 Å². The molecule has 0 radical (unpaired) electrons. The van der Waals surface area contributed by atoms with E-state index in [-0.39, 0.29) is 18.2 Å². The first-order valence-electron chi connectivity index (χ1n) is 8.67. The molecule has 0 aromatic heterocycles. The number of hydrogen-bond donors (Lipinski definition) is 4. The molecule has 9 nitrogen and oxygen atoms in total. The van der Waals surface area contributed by atoms with Gasteiger partial charge < -0.3 is 20.4 Å². The van der Waals surface area contributed by atoms with E-state index < -0.39 is 35.5 Å². The van der Waals surface area contributed by atoms with Gasteiger partial charge in [-0.3, -0.25) is 4.52 Å². The summed E-state index contributed by atoms with van der Waals surface area (Å²) in [5, 5.41) is 4.92. The molecule has 0 spiro atoms. The van der Waals surface area contributed by atoms with E-state index in [4.69, 9.17) is 9.79 Å². The number of anilines is 1. The number of carbonyl (C=O) groups is 1. The number of amides is 2. The van der Waals surface area contributed by atoms with E-state index in [1.54, 1.807) is 30.3 Å². The highest BCUT2D eigenvalue weighted by Crippen LogP contribution is 2.38. The summed E-state index contributed by atoms with van der Waals surface area (Å²) in [5.74, 6) is -0.537. The quantitative estimate of drug-likeness (QED) is 0.447. The lowest BCUT2D eigenvalue weighted by Gasteiger charge is -2.20. The molecule has 11 heteroatoms. The number of para-hydroxylation sites is 1. The van der Waals surface area contributed by atoms with Crippen molar-refractivity contribution in [2.45, 2.75) is 31.8 Å². The average molecular weight is 420 g/mol. The lowest BCUT2D eigenvalue weighted by atomic mass is 10.1. The van der Waals surface area contributed by atoms with E-state index in [1.165, 1.54) is 0 Å². The predicted octanol–water partition coefficient (Wildman–Crippen LogP) is 1.89. The standard InChI is InChI=1S/C16H25N2O7PS/c19-16(18-14-8-2-1-3-9-14)17-10-15(25-26(20,21)22)12-27(23,24)11-13-6-4-5-7-13/h1-3,8-9,13,15H,4-7,10-12H2,(H2,17,18,19)(H2,20,21,22). The molecule has 0 saturated heterocycles. The van der Waals surface area contributed by atoms with Gasteiger partial charge in [-0.15, -0.1) is 0 Å². The van der Waals surface area contributed by atoms with Gasteiger partial charge in [-0.25, -0.2) is 17.8 Å². The fourth-order valence-electron chi connectivity index (χ4n) is 3.11. The number of urea groups is 1. The zero-order valence-corrected chi connectivity index (χ0v) is 16.5. The van der Waals surface area contributed by atoms with Crippen molar-refractivity contribution in [2.24, 2.45) is 5.92 Å². The minimum Gasteiger partial charge on any atom is -0.335 e. The van der Waals surface area contributed by atoms with Crippen molar-refractivity contribution in [3.05, 3.63) is 30.3 Å². The van der Waals surface area contributed by atoms with Crippen molar-refractivity contribution < 1.29 is 32.1 Å². The maximum atomic E-state index is 12.4. The Labute approximate surface area is 158 Å². The van der Waals surface area contributed by atoms with E-state index in [9.17, 15) is 17.8 Å². The van der Waals surface area contributed by atoms with Crippen LogP contribution >= 0.6 is 7.82 Å². The van der Waals surface area contributed by atoms with Crippen molar-refractivity contribution >= 4 is 29.4 Å². The molecule has 0 aliphatic heterocycles. The van der Waals surface area contributed by atoms with E-state index in [0.717, 1.165) is 25.7 Å². The molecule has 0 heterocycles. The Hall–Kier alpha value is -1.45. The van der Waals surface area contributed by atoms with Crippen molar-refractivity contribution in [3.8, 4) is 0 Å². The lowest BCUT2D eigenvalue weighted by molar-refractivity contribution is 0.145. The molecule has 2 amide bonds. The van der Waals surface area contributed by atoms with Gasteiger partial charge in [0.25, 0.3) is 0 Å². The van der Waals surface area contributed by atoms with Gasteiger partial charge in [-0.2, -0.15) is 0 Å². The van der Waals surface area contributed by atoms with Gasteiger partial charge in [0, 0.05) is 12.2 Å². The first-order chi connectivity index (χ1) is 12.6. The molecule has 1 aromatic carbocycles. The summed E-state index contributed by atoms with van der Waals surface area (Å²) >= 11 is 0. The smallest absolute Gasteiger partial charge is 0.335 e. The van der Waals surface area contributed by atoms with Crippen LogP contribution in [0.5, 0.6) is 0 Å². The summed E-state index contributed by atoms with van der Waals surface area (Å²) in [4.78, 5) is 30.0. The second-order valence-corrected chi connectivity index (χ2v) is 9.99. The van der Waals surface area contributed by atoms with Crippen LogP contribution in [0, 0.1) is 5.92 Å². The second-order valence-electron chi connectivity index (χ2n) is 6.65. The van der Waals surface area contributed by atoms with Crippen molar-refractivity contribution in [2.75, 3.05) is 23.4 Å². The van der Waals surface area contributed by atoms with Crippen molar-refractivity contribution in [1.82, 2.24) is 5.32 Å². The molecule has 1 aliphatic carbocycles. The summed E-state index contributed by atoms with van der Waals surface area (Å²) in [5.41, 5.74) is 0.524. The van der Waals surface area contributed by atoms with E-state index >= 15 is 0 Å². The molecule has 152 valence electrons. The molecule has 1 aromatic rings. The summed E-state index contributed by atoms with van der Waals surface area (Å²) in [6, 6.07) is 7.93. The minimum atomic E-state index is -4.91. The van der Waals surface area contributed by atoms with Gasteiger partial charge in [-0.05, 0) is 30.9 Å². The summed E-state index contributed by atoms with van der Waals surface area (Å²) in [6.07, 6.45) is 2.30. The third kappa shape index (κ3) is 8.85. The summed E-state index contributed by atoms with van der Waals surface area (Å²) in [7, 11) is -8.49. The molecular weight excluding hydrogens is 395 g/mol. The second kappa shape index (κ2) is 9.66. The van der Waals surface area contributed by atoms with Gasteiger partial charge in [0.15, 0.2) is 9.84 Å². The van der Waals surface area contributed by atoms with Gasteiger partial charge >= 0.3 is 13.9 Å². The number of benzene rings is 1. The molecule has 1 unspecified atom stereocenters. The van der Waals surface area contributed by atoms with Crippen LogP contribution in [0.15, 0.2) is 30.3 Å². The van der Waals surface area contributed by atoms with Crippen LogP contribution in [0.1, 0.15) is 25.7 Å². The predicted molar refractivity (Wildman–Crippen MR) is 101 cm³/mol. The fourth-order valence-corrected chi connectivity index (χ4v) is 5.69. The Balaban J connectivity index is 1.92. The average Bonchev–Trinajstić information content (AvgIpc) is 3.04. The molecule has 1 atom stereocenters.